The second-order valence-corrected chi connectivity index (χ2v) is 7.36. The number of benzene rings is 2. The van der Waals surface area contributed by atoms with E-state index in [1.165, 1.54) is 19.2 Å². The summed E-state index contributed by atoms with van der Waals surface area (Å²) in [6, 6.07) is 12.6. The van der Waals surface area contributed by atoms with Crippen molar-refractivity contribution in [3.05, 3.63) is 97.4 Å². The van der Waals surface area contributed by atoms with E-state index in [9.17, 15) is 23.6 Å². The van der Waals surface area contributed by atoms with E-state index in [1.54, 1.807) is 24.3 Å². The highest BCUT2D eigenvalue weighted by molar-refractivity contribution is 5.95. The number of likely N-dealkylation sites (N-methyl/N-ethyl adjacent to an activating group) is 1. The van der Waals surface area contributed by atoms with Crippen LogP contribution in [0.25, 0.3) is 10.9 Å². The molecule has 0 aliphatic carbocycles. The first-order chi connectivity index (χ1) is 15.8. The number of carbonyl (C=O) groups excluding carboxylic acids is 1. The van der Waals surface area contributed by atoms with Crippen LogP contribution in [0.2, 0.25) is 0 Å². The largest absolute Gasteiger partial charge is 0.383 e. The highest BCUT2D eigenvalue weighted by Crippen LogP contribution is 2.17. The number of nitrogen functional groups attached to an aromatic ring is 1. The molecule has 0 spiro atoms. The summed E-state index contributed by atoms with van der Waals surface area (Å²) in [5.41, 5.74) is 4.75. The lowest BCUT2D eigenvalue weighted by molar-refractivity contribution is -0.118. The molecule has 3 N–H and O–H groups in total. The van der Waals surface area contributed by atoms with Gasteiger partial charge in [0.25, 0.3) is 11.1 Å². The minimum atomic E-state index is -0.844. The van der Waals surface area contributed by atoms with Crippen molar-refractivity contribution in [2.24, 2.45) is 0 Å². The van der Waals surface area contributed by atoms with E-state index in [0.717, 1.165) is 32.0 Å². The van der Waals surface area contributed by atoms with Crippen molar-refractivity contribution in [3.8, 4) is 0 Å². The molecule has 4 rings (SSSR count). The minimum absolute atomic E-state index is 0.0155. The molecule has 2 aromatic heterocycles. The molecule has 2 aromatic carbocycles. The SMILES string of the molecule is CN(C(=O)Cn1cnc2ccc(F)cc2c1=O)c1c(N)n(Cc2ccccc2)c(=O)[nH]c1=O. The Morgan fingerprint density at radius 3 is 2.61 bits per heavy atom. The van der Waals surface area contributed by atoms with Crippen molar-refractivity contribution in [2.45, 2.75) is 13.1 Å². The molecule has 0 aliphatic heterocycles. The first-order valence-corrected chi connectivity index (χ1v) is 9.84. The lowest BCUT2D eigenvalue weighted by Gasteiger charge is -2.21. The number of nitrogens with two attached hydrogens (primary N) is 1. The van der Waals surface area contributed by atoms with Crippen molar-refractivity contribution < 1.29 is 9.18 Å². The van der Waals surface area contributed by atoms with Crippen LogP contribution in [0, 0.1) is 5.82 Å². The number of anilines is 2. The Balaban J connectivity index is 1.68. The molecule has 0 aliphatic rings. The number of aromatic nitrogens is 4. The molecule has 33 heavy (non-hydrogen) atoms. The summed E-state index contributed by atoms with van der Waals surface area (Å²) in [5.74, 6) is -1.48. The van der Waals surface area contributed by atoms with Crippen LogP contribution in [0.15, 0.2) is 69.2 Å². The summed E-state index contributed by atoms with van der Waals surface area (Å²) in [6.07, 6.45) is 1.16. The molecular formula is C22H19FN6O4. The van der Waals surface area contributed by atoms with Crippen molar-refractivity contribution in [2.75, 3.05) is 17.7 Å². The monoisotopic (exact) mass is 450 g/mol. The van der Waals surface area contributed by atoms with Gasteiger partial charge in [0.05, 0.1) is 23.8 Å². The predicted octanol–water partition coefficient (Wildman–Crippen LogP) is 0.679. The Kier molecular flexibility index (Phi) is 5.61. The third kappa shape index (κ3) is 4.15. The number of hydrogen-bond acceptors (Lipinski definition) is 6. The van der Waals surface area contributed by atoms with E-state index in [2.05, 4.69) is 9.97 Å². The van der Waals surface area contributed by atoms with E-state index in [0.29, 0.717) is 0 Å². The van der Waals surface area contributed by atoms with Crippen LogP contribution in [-0.4, -0.2) is 32.1 Å². The number of nitrogens with one attached hydrogen (secondary N) is 1. The number of aromatic amines is 1. The third-order valence-electron chi connectivity index (χ3n) is 5.20. The molecule has 0 fully saturated rings. The van der Waals surface area contributed by atoms with Gasteiger partial charge in [0.15, 0.2) is 5.69 Å². The molecule has 0 radical (unpaired) electrons. The topological polar surface area (TPSA) is 136 Å². The minimum Gasteiger partial charge on any atom is -0.383 e. The quantitative estimate of drug-likeness (QED) is 0.459. The zero-order valence-corrected chi connectivity index (χ0v) is 17.5. The zero-order valence-electron chi connectivity index (χ0n) is 17.5. The summed E-state index contributed by atoms with van der Waals surface area (Å²) in [7, 11) is 1.31. The molecule has 0 atom stereocenters. The zero-order chi connectivity index (χ0) is 23.7. The number of rotatable bonds is 5. The average Bonchev–Trinajstić information content (AvgIpc) is 2.79. The van der Waals surface area contributed by atoms with Crippen molar-refractivity contribution in [1.82, 2.24) is 19.1 Å². The third-order valence-corrected chi connectivity index (χ3v) is 5.20. The first-order valence-electron chi connectivity index (χ1n) is 9.84. The van der Waals surface area contributed by atoms with Gasteiger partial charge >= 0.3 is 5.69 Å². The molecule has 0 saturated heterocycles. The maximum Gasteiger partial charge on any atom is 0.330 e. The van der Waals surface area contributed by atoms with Gasteiger partial charge in [-0.2, -0.15) is 0 Å². The fourth-order valence-corrected chi connectivity index (χ4v) is 3.44. The van der Waals surface area contributed by atoms with Crippen LogP contribution < -0.4 is 27.4 Å². The fraction of sp³-hybridized carbons (Fsp3) is 0.136. The highest BCUT2D eigenvalue weighted by Gasteiger charge is 2.22. The van der Waals surface area contributed by atoms with Crippen LogP contribution >= 0.6 is 0 Å². The molecule has 168 valence electrons. The van der Waals surface area contributed by atoms with Gasteiger partial charge in [0, 0.05) is 7.05 Å². The maximum atomic E-state index is 13.5. The normalized spacial score (nSPS) is 11.0. The molecular weight excluding hydrogens is 431 g/mol. The van der Waals surface area contributed by atoms with Crippen molar-refractivity contribution in [3.63, 3.8) is 0 Å². The number of nitrogens with zero attached hydrogens (tertiary/aromatic N) is 4. The predicted molar refractivity (Wildman–Crippen MR) is 121 cm³/mol. The van der Waals surface area contributed by atoms with Gasteiger partial charge in [-0.25, -0.2) is 14.2 Å². The van der Waals surface area contributed by atoms with Gasteiger partial charge < -0.3 is 10.6 Å². The number of fused-ring (bicyclic) bond motifs is 1. The van der Waals surface area contributed by atoms with Crippen LogP contribution in [0.4, 0.5) is 15.9 Å². The summed E-state index contributed by atoms with van der Waals surface area (Å²) < 4.78 is 15.7. The van der Waals surface area contributed by atoms with Gasteiger partial charge in [-0.3, -0.25) is 28.5 Å². The summed E-state index contributed by atoms with van der Waals surface area (Å²) in [5, 5.41) is 0.0155. The summed E-state index contributed by atoms with van der Waals surface area (Å²) in [6.45, 7) is -0.400. The van der Waals surface area contributed by atoms with E-state index in [-0.39, 0.29) is 29.0 Å². The second-order valence-electron chi connectivity index (χ2n) is 7.36. The summed E-state index contributed by atoms with van der Waals surface area (Å²) >= 11 is 0. The van der Waals surface area contributed by atoms with Crippen molar-refractivity contribution in [1.29, 1.82) is 0 Å². The molecule has 1 amide bonds. The average molecular weight is 450 g/mol. The van der Waals surface area contributed by atoms with Gasteiger partial charge in [-0.15, -0.1) is 0 Å². The van der Waals surface area contributed by atoms with E-state index >= 15 is 0 Å². The molecule has 0 unspecified atom stereocenters. The van der Waals surface area contributed by atoms with Crippen LogP contribution in [0.1, 0.15) is 5.56 Å². The van der Waals surface area contributed by atoms with E-state index in [4.69, 9.17) is 5.73 Å². The number of carbonyl (C=O) groups is 1. The summed E-state index contributed by atoms with van der Waals surface area (Å²) in [4.78, 5) is 57.6. The Morgan fingerprint density at radius 2 is 1.88 bits per heavy atom. The smallest absolute Gasteiger partial charge is 0.330 e. The number of halogens is 1. The number of hydrogen-bond donors (Lipinski definition) is 2. The standard InChI is InChI=1S/C22H19FN6O4/c1-27(17(30)11-28-12-25-16-8-7-14(23)9-15(16)21(28)32)18-19(24)29(22(33)26-20(18)31)10-13-5-3-2-4-6-13/h2-9,12H,10-11,24H2,1H3,(H,26,31,33). The van der Waals surface area contributed by atoms with Gasteiger partial charge in [0.1, 0.15) is 18.2 Å². The second kappa shape index (κ2) is 8.54. The lowest BCUT2D eigenvalue weighted by atomic mass is 10.2. The Morgan fingerprint density at radius 1 is 1.15 bits per heavy atom. The van der Waals surface area contributed by atoms with E-state index < -0.39 is 35.1 Å². The molecule has 11 heteroatoms. The van der Waals surface area contributed by atoms with Gasteiger partial charge in [-0.1, -0.05) is 30.3 Å². The Labute approximate surface area is 185 Å². The number of amides is 1. The molecule has 2 heterocycles. The maximum absolute atomic E-state index is 13.5. The highest BCUT2D eigenvalue weighted by atomic mass is 19.1. The molecule has 0 bridgehead atoms. The van der Waals surface area contributed by atoms with E-state index in [1.807, 2.05) is 6.07 Å². The van der Waals surface area contributed by atoms with Crippen LogP contribution in [0.5, 0.6) is 0 Å². The molecule has 0 saturated carbocycles. The Hall–Kier alpha value is -4.54. The number of H-pyrrole nitrogens is 1. The van der Waals surface area contributed by atoms with Crippen LogP contribution in [-0.2, 0) is 17.9 Å². The van der Waals surface area contributed by atoms with Crippen molar-refractivity contribution >= 4 is 28.3 Å². The first kappa shape index (κ1) is 21.7. The Bertz CT molecular complexity index is 1540. The van der Waals surface area contributed by atoms with Gasteiger partial charge in [0.2, 0.25) is 5.91 Å². The fourth-order valence-electron chi connectivity index (χ4n) is 3.44. The van der Waals surface area contributed by atoms with Crippen LogP contribution in [0.3, 0.4) is 0 Å². The lowest BCUT2D eigenvalue weighted by Crippen LogP contribution is -2.41. The molecule has 4 aromatic rings. The van der Waals surface area contributed by atoms with Gasteiger partial charge in [-0.05, 0) is 23.8 Å². The molecule has 10 nitrogen and oxygen atoms in total.